The highest BCUT2D eigenvalue weighted by atomic mass is 16.5. The Bertz CT molecular complexity index is 353. The van der Waals surface area contributed by atoms with E-state index in [1.165, 1.54) is 0 Å². The minimum Gasteiger partial charge on any atom is -0.399 e. The largest absolute Gasteiger partial charge is 0.399 e. The molecule has 1 unspecified atom stereocenters. The van der Waals surface area contributed by atoms with Gasteiger partial charge in [-0.2, -0.15) is 0 Å². The van der Waals surface area contributed by atoms with Crippen molar-refractivity contribution in [1.82, 2.24) is 0 Å². The molecule has 1 aromatic carbocycles. The first kappa shape index (κ1) is 13.8. The second-order valence-corrected chi connectivity index (χ2v) is 4.39. The van der Waals surface area contributed by atoms with Crippen molar-refractivity contribution in [3.05, 3.63) is 23.8 Å². The van der Waals surface area contributed by atoms with E-state index in [1.807, 2.05) is 26.1 Å². The van der Waals surface area contributed by atoms with Crippen molar-refractivity contribution in [2.24, 2.45) is 0 Å². The van der Waals surface area contributed by atoms with Crippen molar-refractivity contribution >= 4 is 11.4 Å². The summed E-state index contributed by atoms with van der Waals surface area (Å²) in [7, 11) is 2.01. The van der Waals surface area contributed by atoms with Gasteiger partial charge < -0.3 is 20.5 Å². The number of hydrogen-bond donors (Lipinski definition) is 2. The van der Waals surface area contributed by atoms with Crippen molar-refractivity contribution in [1.29, 1.82) is 0 Å². The van der Waals surface area contributed by atoms with Crippen molar-refractivity contribution < 1.29 is 9.84 Å². The molecule has 0 saturated carbocycles. The summed E-state index contributed by atoms with van der Waals surface area (Å²) < 4.78 is 5.32. The average molecular weight is 238 g/mol. The summed E-state index contributed by atoms with van der Waals surface area (Å²) in [4.78, 5) is 2.11. The molecular weight excluding hydrogens is 216 g/mol. The molecule has 0 fully saturated rings. The van der Waals surface area contributed by atoms with Crippen LogP contribution in [0.4, 0.5) is 11.4 Å². The summed E-state index contributed by atoms with van der Waals surface area (Å²) >= 11 is 0. The van der Waals surface area contributed by atoms with Gasteiger partial charge in [0, 0.05) is 25.0 Å². The normalized spacial score (nSPS) is 12.5. The number of anilines is 2. The first-order chi connectivity index (χ1) is 8.00. The smallest absolute Gasteiger partial charge is 0.0745 e. The predicted molar refractivity (Wildman–Crippen MR) is 71.4 cm³/mol. The third kappa shape index (κ3) is 4.63. The number of nitrogen functional groups attached to an aromatic ring is 1. The third-order valence-corrected chi connectivity index (χ3v) is 2.62. The van der Waals surface area contributed by atoms with Crippen LogP contribution < -0.4 is 10.6 Å². The first-order valence-corrected chi connectivity index (χ1v) is 5.83. The van der Waals surface area contributed by atoms with Crippen LogP contribution >= 0.6 is 0 Å². The first-order valence-electron chi connectivity index (χ1n) is 5.83. The van der Waals surface area contributed by atoms with Gasteiger partial charge in [-0.3, -0.25) is 0 Å². The van der Waals surface area contributed by atoms with Gasteiger partial charge in [0.05, 0.1) is 19.3 Å². The van der Waals surface area contributed by atoms with E-state index in [9.17, 15) is 0 Å². The van der Waals surface area contributed by atoms with E-state index in [2.05, 4.69) is 11.0 Å². The van der Waals surface area contributed by atoms with Gasteiger partial charge in [-0.25, -0.2) is 0 Å². The molecule has 96 valence electrons. The lowest BCUT2D eigenvalue weighted by molar-refractivity contribution is 0.0497. The molecule has 1 rings (SSSR count). The third-order valence-electron chi connectivity index (χ3n) is 2.62. The van der Waals surface area contributed by atoms with Gasteiger partial charge in [0.15, 0.2) is 0 Å². The second kappa shape index (κ2) is 6.47. The maximum absolute atomic E-state index is 9.05. The topological polar surface area (TPSA) is 58.7 Å². The van der Waals surface area contributed by atoms with Crippen molar-refractivity contribution in [2.45, 2.75) is 20.0 Å². The molecule has 0 saturated heterocycles. The quantitative estimate of drug-likeness (QED) is 0.581. The second-order valence-electron chi connectivity index (χ2n) is 4.39. The van der Waals surface area contributed by atoms with Crippen LogP contribution in [-0.2, 0) is 4.74 Å². The predicted octanol–water partition coefficient (Wildman–Crippen LogP) is 1.41. The number of likely N-dealkylation sites (N-methyl/N-ethyl adjacent to an activating group) is 1. The number of hydrogen-bond acceptors (Lipinski definition) is 4. The molecule has 1 aromatic rings. The molecule has 0 spiro atoms. The van der Waals surface area contributed by atoms with E-state index >= 15 is 0 Å². The summed E-state index contributed by atoms with van der Waals surface area (Å²) in [6.45, 7) is 5.49. The SMILES string of the molecule is Cc1cc(N(C)CCOCC(C)O)ccc1N. The zero-order chi connectivity index (χ0) is 12.8. The molecule has 3 N–H and O–H groups in total. The molecule has 1 atom stereocenters. The van der Waals surface area contributed by atoms with E-state index in [-0.39, 0.29) is 0 Å². The number of benzene rings is 1. The Morgan fingerprint density at radius 2 is 2.18 bits per heavy atom. The van der Waals surface area contributed by atoms with Crippen LogP contribution in [0.15, 0.2) is 18.2 Å². The number of ether oxygens (including phenoxy) is 1. The summed E-state index contributed by atoms with van der Waals surface area (Å²) in [5, 5.41) is 9.05. The Morgan fingerprint density at radius 1 is 1.47 bits per heavy atom. The van der Waals surface area contributed by atoms with Gasteiger partial charge in [-0.1, -0.05) is 0 Å². The molecule has 0 radical (unpaired) electrons. The van der Waals surface area contributed by atoms with Crippen LogP contribution in [0.25, 0.3) is 0 Å². The molecule has 0 heterocycles. The number of aryl methyl sites for hydroxylation is 1. The fourth-order valence-corrected chi connectivity index (χ4v) is 1.48. The molecule has 0 aliphatic carbocycles. The molecule has 4 nitrogen and oxygen atoms in total. The van der Waals surface area contributed by atoms with Gasteiger partial charge in [-0.05, 0) is 37.6 Å². The number of nitrogens with two attached hydrogens (primary N) is 1. The zero-order valence-corrected chi connectivity index (χ0v) is 10.8. The minimum atomic E-state index is -0.404. The van der Waals surface area contributed by atoms with Crippen LogP contribution in [0, 0.1) is 6.92 Å². The van der Waals surface area contributed by atoms with Crippen LogP contribution in [0.3, 0.4) is 0 Å². The Morgan fingerprint density at radius 3 is 2.76 bits per heavy atom. The lowest BCUT2D eigenvalue weighted by Crippen LogP contribution is -2.24. The van der Waals surface area contributed by atoms with Crippen molar-refractivity contribution in [2.75, 3.05) is 37.4 Å². The fraction of sp³-hybridized carbons (Fsp3) is 0.538. The van der Waals surface area contributed by atoms with Crippen molar-refractivity contribution in [3.63, 3.8) is 0 Å². The molecular formula is C13H22N2O2. The standard InChI is InChI=1S/C13H22N2O2/c1-10-8-12(4-5-13(10)14)15(3)6-7-17-9-11(2)16/h4-5,8,11,16H,6-7,9,14H2,1-3H3. The van der Waals surface area contributed by atoms with E-state index < -0.39 is 6.10 Å². The molecule has 4 heteroatoms. The van der Waals surface area contributed by atoms with E-state index in [0.29, 0.717) is 13.2 Å². The molecule has 0 aromatic heterocycles. The van der Waals surface area contributed by atoms with Gasteiger partial charge in [0.2, 0.25) is 0 Å². The van der Waals surface area contributed by atoms with Crippen LogP contribution in [-0.4, -0.2) is 38.0 Å². The van der Waals surface area contributed by atoms with Crippen LogP contribution in [0.5, 0.6) is 0 Å². The van der Waals surface area contributed by atoms with Gasteiger partial charge in [-0.15, -0.1) is 0 Å². The monoisotopic (exact) mass is 238 g/mol. The van der Waals surface area contributed by atoms with E-state index in [4.69, 9.17) is 15.6 Å². The van der Waals surface area contributed by atoms with Gasteiger partial charge in [0.25, 0.3) is 0 Å². The molecule has 0 aliphatic rings. The summed E-state index contributed by atoms with van der Waals surface area (Å²) in [5.41, 5.74) is 8.79. The highest BCUT2D eigenvalue weighted by Gasteiger charge is 2.03. The molecule has 17 heavy (non-hydrogen) atoms. The Hall–Kier alpha value is -1.26. The van der Waals surface area contributed by atoms with E-state index in [1.54, 1.807) is 6.92 Å². The van der Waals surface area contributed by atoms with E-state index in [0.717, 1.165) is 23.5 Å². The lowest BCUT2D eigenvalue weighted by Gasteiger charge is -2.20. The average Bonchev–Trinajstić information content (AvgIpc) is 2.27. The molecule has 0 bridgehead atoms. The Kier molecular flexibility index (Phi) is 5.25. The van der Waals surface area contributed by atoms with Gasteiger partial charge >= 0.3 is 0 Å². The zero-order valence-electron chi connectivity index (χ0n) is 10.8. The molecule has 0 amide bonds. The highest BCUT2D eigenvalue weighted by Crippen LogP contribution is 2.19. The summed E-state index contributed by atoms with van der Waals surface area (Å²) in [5.74, 6) is 0. The van der Waals surface area contributed by atoms with Crippen molar-refractivity contribution in [3.8, 4) is 0 Å². The lowest BCUT2D eigenvalue weighted by atomic mass is 10.2. The number of aliphatic hydroxyl groups excluding tert-OH is 1. The number of rotatable bonds is 6. The highest BCUT2D eigenvalue weighted by molar-refractivity contribution is 5.57. The minimum absolute atomic E-state index is 0.384. The fourth-order valence-electron chi connectivity index (χ4n) is 1.48. The Labute approximate surface area is 103 Å². The number of aliphatic hydroxyl groups is 1. The Balaban J connectivity index is 2.41. The number of nitrogens with zero attached hydrogens (tertiary/aromatic N) is 1. The maximum atomic E-state index is 9.05. The van der Waals surface area contributed by atoms with Crippen LogP contribution in [0.1, 0.15) is 12.5 Å². The van der Waals surface area contributed by atoms with Crippen LogP contribution in [0.2, 0.25) is 0 Å². The molecule has 0 aliphatic heterocycles. The summed E-state index contributed by atoms with van der Waals surface area (Å²) in [6, 6.07) is 5.97. The van der Waals surface area contributed by atoms with Gasteiger partial charge in [0.1, 0.15) is 0 Å². The summed E-state index contributed by atoms with van der Waals surface area (Å²) in [6.07, 6.45) is -0.404. The maximum Gasteiger partial charge on any atom is 0.0745 e.